The van der Waals surface area contributed by atoms with Crippen LogP contribution >= 0.6 is 0 Å². The zero-order valence-corrected chi connectivity index (χ0v) is 10.1. The first-order valence-corrected chi connectivity index (χ1v) is 5.82. The molecule has 0 fully saturated rings. The lowest BCUT2D eigenvalue weighted by molar-refractivity contribution is 0.111. The SMILES string of the molecule is CCCCOCc1ccnn1CC(C)C. The fraction of sp³-hybridized carbons (Fsp3) is 0.750. The molecule has 0 radical (unpaired) electrons. The second kappa shape index (κ2) is 6.62. The van der Waals surface area contributed by atoms with Crippen LogP contribution in [0.4, 0.5) is 0 Å². The van der Waals surface area contributed by atoms with Gasteiger partial charge in [0, 0.05) is 19.3 Å². The number of nitrogens with zero attached hydrogens (tertiary/aromatic N) is 2. The molecule has 1 rings (SSSR count). The van der Waals surface area contributed by atoms with Gasteiger partial charge in [0.05, 0.1) is 12.3 Å². The molecule has 0 amide bonds. The van der Waals surface area contributed by atoms with Crippen LogP contribution in [0, 0.1) is 5.92 Å². The zero-order valence-electron chi connectivity index (χ0n) is 10.1. The second-order valence-electron chi connectivity index (χ2n) is 4.30. The van der Waals surface area contributed by atoms with E-state index in [-0.39, 0.29) is 0 Å². The zero-order chi connectivity index (χ0) is 11.1. The Hall–Kier alpha value is -0.830. The summed E-state index contributed by atoms with van der Waals surface area (Å²) in [5.74, 6) is 0.624. The Balaban J connectivity index is 2.36. The third-order valence-corrected chi connectivity index (χ3v) is 2.23. The summed E-state index contributed by atoms with van der Waals surface area (Å²) in [6.07, 6.45) is 4.17. The van der Waals surface area contributed by atoms with E-state index in [2.05, 4.69) is 25.9 Å². The van der Waals surface area contributed by atoms with E-state index in [1.807, 2.05) is 16.9 Å². The van der Waals surface area contributed by atoms with E-state index in [0.717, 1.165) is 19.6 Å². The Bertz CT molecular complexity index is 268. The molecule has 86 valence electrons. The van der Waals surface area contributed by atoms with Gasteiger partial charge in [0.15, 0.2) is 0 Å². The maximum Gasteiger partial charge on any atom is 0.0884 e. The summed E-state index contributed by atoms with van der Waals surface area (Å²) in [4.78, 5) is 0. The lowest BCUT2D eigenvalue weighted by Gasteiger charge is -2.10. The van der Waals surface area contributed by atoms with Crippen LogP contribution in [0.1, 0.15) is 39.3 Å². The van der Waals surface area contributed by atoms with Crippen LogP contribution in [0.5, 0.6) is 0 Å². The summed E-state index contributed by atoms with van der Waals surface area (Å²) in [5.41, 5.74) is 1.18. The molecular formula is C12H22N2O. The Morgan fingerprint density at radius 1 is 1.47 bits per heavy atom. The van der Waals surface area contributed by atoms with Gasteiger partial charge in [0.2, 0.25) is 0 Å². The molecule has 0 aliphatic carbocycles. The lowest BCUT2D eigenvalue weighted by Crippen LogP contribution is -2.10. The summed E-state index contributed by atoms with van der Waals surface area (Å²) in [6.45, 7) is 9.08. The summed E-state index contributed by atoms with van der Waals surface area (Å²) >= 11 is 0. The van der Waals surface area contributed by atoms with Crippen molar-refractivity contribution < 1.29 is 4.74 Å². The number of rotatable bonds is 7. The van der Waals surface area contributed by atoms with E-state index in [9.17, 15) is 0 Å². The summed E-state index contributed by atoms with van der Waals surface area (Å²) in [6, 6.07) is 2.04. The van der Waals surface area contributed by atoms with Gasteiger partial charge in [-0.05, 0) is 18.4 Å². The highest BCUT2D eigenvalue weighted by Crippen LogP contribution is 2.05. The Morgan fingerprint density at radius 3 is 2.93 bits per heavy atom. The first kappa shape index (κ1) is 12.2. The third-order valence-electron chi connectivity index (χ3n) is 2.23. The Labute approximate surface area is 92.4 Å². The predicted molar refractivity (Wildman–Crippen MR) is 61.6 cm³/mol. The Morgan fingerprint density at radius 2 is 2.27 bits per heavy atom. The number of hydrogen-bond acceptors (Lipinski definition) is 2. The van der Waals surface area contributed by atoms with E-state index in [1.165, 1.54) is 12.1 Å². The largest absolute Gasteiger partial charge is 0.375 e. The maximum atomic E-state index is 5.58. The van der Waals surface area contributed by atoms with E-state index in [1.54, 1.807) is 0 Å². The van der Waals surface area contributed by atoms with Crippen LogP contribution in [-0.2, 0) is 17.9 Å². The first-order valence-electron chi connectivity index (χ1n) is 5.82. The molecule has 0 saturated carbocycles. The van der Waals surface area contributed by atoms with Gasteiger partial charge in [0.25, 0.3) is 0 Å². The first-order chi connectivity index (χ1) is 7.24. The van der Waals surface area contributed by atoms with Crippen LogP contribution in [0.3, 0.4) is 0 Å². The van der Waals surface area contributed by atoms with Crippen LogP contribution in [-0.4, -0.2) is 16.4 Å². The molecular weight excluding hydrogens is 188 g/mol. The molecule has 0 bridgehead atoms. The average molecular weight is 210 g/mol. The van der Waals surface area contributed by atoms with Crippen LogP contribution in [0.25, 0.3) is 0 Å². The summed E-state index contributed by atoms with van der Waals surface area (Å²) in [5, 5.41) is 4.29. The number of aromatic nitrogens is 2. The van der Waals surface area contributed by atoms with Crippen LogP contribution in [0.15, 0.2) is 12.3 Å². The van der Waals surface area contributed by atoms with Crippen molar-refractivity contribution in [3.63, 3.8) is 0 Å². The third kappa shape index (κ3) is 4.47. The van der Waals surface area contributed by atoms with E-state index >= 15 is 0 Å². The smallest absolute Gasteiger partial charge is 0.0884 e. The minimum atomic E-state index is 0.624. The predicted octanol–water partition coefficient (Wildman–Crippen LogP) is 2.86. The normalized spacial score (nSPS) is 11.2. The summed E-state index contributed by atoms with van der Waals surface area (Å²) in [7, 11) is 0. The summed E-state index contributed by atoms with van der Waals surface area (Å²) < 4.78 is 7.62. The molecule has 0 aromatic carbocycles. The van der Waals surface area contributed by atoms with E-state index in [4.69, 9.17) is 4.74 Å². The standard InChI is InChI=1S/C12H22N2O/c1-4-5-8-15-10-12-6-7-13-14(12)9-11(2)3/h6-7,11H,4-5,8-10H2,1-3H3. The molecule has 3 heteroatoms. The van der Waals surface area contributed by atoms with E-state index < -0.39 is 0 Å². The highest BCUT2D eigenvalue weighted by atomic mass is 16.5. The Kier molecular flexibility index (Phi) is 5.40. The van der Waals surface area contributed by atoms with Crippen molar-refractivity contribution in [3.8, 4) is 0 Å². The fourth-order valence-electron chi connectivity index (χ4n) is 1.42. The van der Waals surface area contributed by atoms with Gasteiger partial charge in [-0.25, -0.2) is 0 Å². The quantitative estimate of drug-likeness (QED) is 0.647. The molecule has 3 nitrogen and oxygen atoms in total. The van der Waals surface area contributed by atoms with Crippen LogP contribution in [0.2, 0.25) is 0 Å². The molecule has 1 heterocycles. The molecule has 0 spiro atoms. The van der Waals surface area contributed by atoms with Crippen LogP contribution < -0.4 is 0 Å². The van der Waals surface area contributed by atoms with Crippen molar-refractivity contribution in [2.45, 2.75) is 46.8 Å². The molecule has 0 aliphatic heterocycles. The van der Waals surface area contributed by atoms with Gasteiger partial charge in [-0.1, -0.05) is 27.2 Å². The molecule has 0 atom stereocenters. The minimum absolute atomic E-state index is 0.624. The van der Waals surface area contributed by atoms with Crippen molar-refractivity contribution in [1.29, 1.82) is 0 Å². The van der Waals surface area contributed by atoms with E-state index in [0.29, 0.717) is 12.5 Å². The molecule has 0 saturated heterocycles. The fourth-order valence-corrected chi connectivity index (χ4v) is 1.42. The minimum Gasteiger partial charge on any atom is -0.375 e. The van der Waals surface area contributed by atoms with Gasteiger partial charge < -0.3 is 4.74 Å². The van der Waals surface area contributed by atoms with Crippen molar-refractivity contribution in [2.75, 3.05) is 6.61 Å². The van der Waals surface area contributed by atoms with Crippen molar-refractivity contribution >= 4 is 0 Å². The van der Waals surface area contributed by atoms with Gasteiger partial charge in [0.1, 0.15) is 0 Å². The molecule has 15 heavy (non-hydrogen) atoms. The monoisotopic (exact) mass is 210 g/mol. The number of hydrogen-bond donors (Lipinski definition) is 0. The lowest BCUT2D eigenvalue weighted by atomic mass is 10.2. The molecule has 1 aromatic rings. The van der Waals surface area contributed by atoms with Gasteiger partial charge >= 0.3 is 0 Å². The van der Waals surface area contributed by atoms with Gasteiger partial charge in [-0.2, -0.15) is 5.10 Å². The molecule has 0 aliphatic rings. The highest BCUT2D eigenvalue weighted by Gasteiger charge is 2.03. The molecule has 0 N–H and O–H groups in total. The number of ether oxygens (including phenoxy) is 1. The van der Waals surface area contributed by atoms with Gasteiger partial charge in [-0.3, -0.25) is 4.68 Å². The van der Waals surface area contributed by atoms with Crippen molar-refractivity contribution in [2.24, 2.45) is 5.92 Å². The van der Waals surface area contributed by atoms with Gasteiger partial charge in [-0.15, -0.1) is 0 Å². The molecule has 1 aromatic heterocycles. The average Bonchev–Trinajstić information content (AvgIpc) is 2.59. The topological polar surface area (TPSA) is 27.1 Å². The second-order valence-corrected chi connectivity index (χ2v) is 4.30. The number of unbranched alkanes of at least 4 members (excludes halogenated alkanes) is 1. The van der Waals surface area contributed by atoms with Crippen molar-refractivity contribution in [3.05, 3.63) is 18.0 Å². The maximum absolute atomic E-state index is 5.58. The highest BCUT2D eigenvalue weighted by molar-refractivity contribution is 4.98. The van der Waals surface area contributed by atoms with Crippen molar-refractivity contribution in [1.82, 2.24) is 9.78 Å². The molecule has 0 unspecified atom stereocenters.